The zero-order valence-electron chi connectivity index (χ0n) is 20.9. The molecule has 188 valence electrons. The zero-order valence-corrected chi connectivity index (χ0v) is 21.7. The van der Waals surface area contributed by atoms with Crippen LogP contribution in [0.15, 0.2) is 41.9 Å². The molecule has 0 radical (unpaired) electrons. The average molecular weight is 499 g/mol. The number of nitrogens with one attached hydrogen (secondary N) is 2. The molecule has 3 amide bonds. The van der Waals surface area contributed by atoms with E-state index >= 15 is 0 Å². The molecule has 1 saturated heterocycles. The Bertz CT molecular complexity index is 1100. The predicted molar refractivity (Wildman–Crippen MR) is 136 cm³/mol. The number of rotatable bonds is 7. The molecule has 0 unspecified atom stereocenters. The summed E-state index contributed by atoms with van der Waals surface area (Å²) in [5.41, 5.74) is 4.47. The van der Waals surface area contributed by atoms with Crippen LogP contribution in [0.5, 0.6) is 0 Å². The summed E-state index contributed by atoms with van der Waals surface area (Å²) in [6.07, 6.45) is -0.666. The fourth-order valence-electron chi connectivity index (χ4n) is 4.03. The third kappa shape index (κ3) is 6.35. The normalized spacial score (nSPS) is 18.7. The highest BCUT2D eigenvalue weighted by Crippen LogP contribution is 2.28. The minimum Gasteiger partial charge on any atom is -0.391 e. The number of thiazole rings is 1. The number of aromatic nitrogens is 1. The molecule has 3 rings (SSSR count). The summed E-state index contributed by atoms with van der Waals surface area (Å²) in [7, 11) is 0. The van der Waals surface area contributed by atoms with E-state index in [1.54, 1.807) is 18.3 Å². The van der Waals surface area contributed by atoms with E-state index in [4.69, 9.17) is 0 Å². The third-order valence-electron chi connectivity index (χ3n) is 6.07. The van der Waals surface area contributed by atoms with Crippen LogP contribution in [0.2, 0.25) is 0 Å². The first-order chi connectivity index (χ1) is 16.4. The number of benzene rings is 1. The summed E-state index contributed by atoms with van der Waals surface area (Å²) in [4.78, 5) is 45.5. The number of hydrogen-bond donors (Lipinski definition) is 3. The molecule has 0 aliphatic carbocycles. The SMILES string of the molecule is C=C(C)C(=O)N[C@H](C(=O)N1C[C@H](O)C[C@H]1C(=O)NCc1ccc(-c2scnc2C)cc1)C(C)(C)C. The quantitative estimate of drug-likeness (QED) is 0.509. The zero-order chi connectivity index (χ0) is 25.9. The van der Waals surface area contributed by atoms with E-state index in [2.05, 4.69) is 22.2 Å². The Morgan fingerprint density at radius 1 is 1.26 bits per heavy atom. The van der Waals surface area contributed by atoms with Gasteiger partial charge in [0.05, 0.1) is 22.2 Å². The molecular formula is C26H34N4O4S. The van der Waals surface area contributed by atoms with E-state index in [1.807, 2.05) is 57.5 Å². The van der Waals surface area contributed by atoms with Crippen molar-refractivity contribution in [3.05, 3.63) is 53.2 Å². The molecule has 2 aromatic rings. The molecule has 1 aliphatic rings. The summed E-state index contributed by atoms with van der Waals surface area (Å²) in [6.45, 7) is 13.0. The molecule has 1 fully saturated rings. The number of nitrogens with zero attached hydrogens (tertiary/aromatic N) is 2. The average Bonchev–Trinajstić information content (AvgIpc) is 3.40. The number of carbonyl (C=O) groups is 3. The molecule has 0 saturated carbocycles. The summed E-state index contributed by atoms with van der Waals surface area (Å²) in [5, 5.41) is 15.9. The lowest BCUT2D eigenvalue weighted by atomic mass is 9.85. The molecule has 3 atom stereocenters. The van der Waals surface area contributed by atoms with Crippen LogP contribution in [-0.4, -0.2) is 57.4 Å². The minimum atomic E-state index is -0.866. The molecular weight excluding hydrogens is 464 g/mol. The van der Waals surface area contributed by atoms with Crippen molar-refractivity contribution in [3.8, 4) is 10.4 Å². The van der Waals surface area contributed by atoms with E-state index in [-0.39, 0.29) is 18.9 Å². The Labute approximate surface area is 210 Å². The first-order valence-electron chi connectivity index (χ1n) is 11.6. The van der Waals surface area contributed by atoms with Gasteiger partial charge in [0.2, 0.25) is 17.7 Å². The van der Waals surface area contributed by atoms with Crippen molar-refractivity contribution < 1.29 is 19.5 Å². The van der Waals surface area contributed by atoms with Gasteiger partial charge in [0.15, 0.2) is 0 Å². The topological polar surface area (TPSA) is 112 Å². The van der Waals surface area contributed by atoms with Crippen LogP contribution < -0.4 is 10.6 Å². The van der Waals surface area contributed by atoms with E-state index in [1.165, 1.54) is 4.90 Å². The van der Waals surface area contributed by atoms with Gasteiger partial charge in [-0.1, -0.05) is 51.6 Å². The molecule has 1 aromatic heterocycles. The Hall–Kier alpha value is -3.04. The highest BCUT2D eigenvalue weighted by Gasteiger charge is 2.44. The van der Waals surface area contributed by atoms with Gasteiger partial charge in [-0.05, 0) is 30.4 Å². The van der Waals surface area contributed by atoms with E-state index in [0.717, 1.165) is 21.7 Å². The van der Waals surface area contributed by atoms with Gasteiger partial charge in [0.25, 0.3) is 0 Å². The Kier molecular flexibility index (Phi) is 8.12. The summed E-state index contributed by atoms with van der Waals surface area (Å²) >= 11 is 1.58. The van der Waals surface area contributed by atoms with Crippen LogP contribution in [0.1, 0.15) is 45.4 Å². The highest BCUT2D eigenvalue weighted by atomic mass is 32.1. The van der Waals surface area contributed by atoms with Gasteiger partial charge < -0.3 is 20.6 Å². The molecule has 0 spiro atoms. The number of aryl methyl sites for hydroxylation is 1. The number of carbonyl (C=O) groups excluding carboxylic acids is 3. The van der Waals surface area contributed by atoms with Gasteiger partial charge >= 0.3 is 0 Å². The molecule has 9 heteroatoms. The molecule has 35 heavy (non-hydrogen) atoms. The van der Waals surface area contributed by atoms with Gasteiger partial charge in [-0.2, -0.15) is 0 Å². The van der Waals surface area contributed by atoms with Crippen LogP contribution >= 0.6 is 11.3 Å². The molecule has 8 nitrogen and oxygen atoms in total. The van der Waals surface area contributed by atoms with Crippen molar-refractivity contribution in [1.29, 1.82) is 0 Å². The van der Waals surface area contributed by atoms with Crippen molar-refractivity contribution in [3.63, 3.8) is 0 Å². The lowest BCUT2D eigenvalue weighted by Gasteiger charge is -2.35. The first-order valence-corrected chi connectivity index (χ1v) is 12.5. The fraction of sp³-hybridized carbons (Fsp3) is 0.462. The molecule has 3 N–H and O–H groups in total. The van der Waals surface area contributed by atoms with Crippen LogP contribution in [0, 0.1) is 12.3 Å². The van der Waals surface area contributed by atoms with Crippen molar-refractivity contribution in [2.45, 2.75) is 65.8 Å². The highest BCUT2D eigenvalue weighted by molar-refractivity contribution is 7.13. The van der Waals surface area contributed by atoms with Gasteiger partial charge in [0, 0.05) is 25.1 Å². The maximum Gasteiger partial charge on any atom is 0.246 e. The minimum absolute atomic E-state index is 0.0370. The summed E-state index contributed by atoms with van der Waals surface area (Å²) in [5.74, 6) is -1.15. The lowest BCUT2D eigenvalue weighted by molar-refractivity contribution is -0.143. The van der Waals surface area contributed by atoms with Crippen LogP contribution in [0.25, 0.3) is 10.4 Å². The number of aliphatic hydroxyl groups excluding tert-OH is 1. The van der Waals surface area contributed by atoms with E-state index < -0.39 is 35.4 Å². The third-order valence-corrected chi connectivity index (χ3v) is 7.05. The van der Waals surface area contributed by atoms with Crippen molar-refractivity contribution in [2.24, 2.45) is 5.41 Å². The fourth-order valence-corrected chi connectivity index (χ4v) is 4.85. The largest absolute Gasteiger partial charge is 0.391 e. The Balaban J connectivity index is 1.69. The van der Waals surface area contributed by atoms with Crippen molar-refractivity contribution >= 4 is 29.1 Å². The lowest BCUT2D eigenvalue weighted by Crippen LogP contribution is -2.57. The second-order valence-corrected chi connectivity index (χ2v) is 11.0. The number of hydrogen-bond acceptors (Lipinski definition) is 6. The van der Waals surface area contributed by atoms with Gasteiger partial charge in [-0.3, -0.25) is 14.4 Å². The second kappa shape index (κ2) is 10.7. The Morgan fingerprint density at radius 3 is 2.46 bits per heavy atom. The van der Waals surface area contributed by atoms with Gasteiger partial charge in [-0.25, -0.2) is 4.98 Å². The number of β-amino-alcohol motifs (C(OH)–C–C–N with tert-alkyl or cyclic N) is 1. The van der Waals surface area contributed by atoms with Crippen molar-refractivity contribution in [2.75, 3.05) is 6.54 Å². The van der Waals surface area contributed by atoms with E-state index in [9.17, 15) is 19.5 Å². The number of aliphatic hydroxyl groups is 1. The Morgan fingerprint density at radius 2 is 1.91 bits per heavy atom. The molecule has 0 bridgehead atoms. The monoisotopic (exact) mass is 498 g/mol. The van der Waals surface area contributed by atoms with Gasteiger partial charge in [0.1, 0.15) is 12.1 Å². The first kappa shape index (κ1) is 26.6. The van der Waals surface area contributed by atoms with Gasteiger partial charge in [-0.15, -0.1) is 11.3 Å². The second-order valence-electron chi connectivity index (χ2n) is 10.1. The maximum absolute atomic E-state index is 13.4. The smallest absolute Gasteiger partial charge is 0.246 e. The summed E-state index contributed by atoms with van der Waals surface area (Å²) in [6, 6.07) is 6.21. The number of likely N-dealkylation sites (tertiary alicyclic amines) is 1. The van der Waals surface area contributed by atoms with Crippen molar-refractivity contribution in [1.82, 2.24) is 20.5 Å². The van der Waals surface area contributed by atoms with Crippen LogP contribution in [-0.2, 0) is 20.9 Å². The molecule has 1 aliphatic heterocycles. The maximum atomic E-state index is 13.4. The van der Waals surface area contributed by atoms with Crippen LogP contribution in [0.4, 0.5) is 0 Å². The molecule has 2 heterocycles. The predicted octanol–water partition coefficient (Wildman–Crippen LogP) is 2.80. The number of amides is 3. The van der Waals surface area contributed by atoms with E-state index in [0.29, 0.717) is 12.1 Å². The van der Waals surface area contributed by atoms with Crippen LogP contribution in [0.3, 0.4) is 0 Å². The standard InChI is InChI=1S/C26H34N4O4S/c1-15(2)23(32)29-22(26(4,5)6)25(34)30-13-19(31)11-20(30)24(33)27-12-17-7-9-18(10-8-17)21-16(3)28-14-35-21/h7-10,14,19-20,22,31H,1,11-13H2,2-6H3,(H,27,33)(H,29,32)/t19-,20+,22-/m1/s1. The summed E-state index contributed by atoms with van der Waals surface area (Å²) < 4.78 is 0. The molecule has 1 aromatic carbocycles.